The number of nitrogens with one attached hydrogen (secondary N) is 1. The summed E-state index contributed by atoms with van der Waals surface area (Å²) >= 11 is 6.04. The number of amides is 2. The molecular formula is C26H26ClN5O3S. The summed E-state index contributed by atoms with van der Waals surface area (Å²) < 4.78 is 11.9. The zero-order chi connectivity index (χ0) is 25.4. The van der Waals surface area contributed by atoms with E-state index in [4.69, 9.17) is 11.6 Å². The van der Waals surface area contributed by atoms with E-state index in [1.807, 2.05) is 24.3 Å². The van der Waals surface area contributed by atoms with Gasteiger partial charge in [0, 0.05) is 47.0 Å². The molecule has 3 aromatic rings. The van der Waals surface area contributed by atoms with E-state index >= 15 is 0 Å². The minimum Gasteiger partial charge on any atom is -0.334 e. The Labute approximate surface area is 217 Å². The fourth-order valence-electron chi connectivity index (χ4n) is 4.97. The molecular weight excluding hydrogens is 498 g/mol. The van der Waals surface area contributed by atoms with Gasteiger partial charge in [-0.05, 0) is 53.8 Å². The zero-order valence-corrected chi connectivity index (χ0v) is 21.6. The van der Waals surface area contributed by atoms with E-state index in [-0.39, 0.29) is 17.9 Å². The van der Waals surface area contributed by atoms with E-state index in [2.05, 4.69) is 20.2 Å². The van der Waals surface area contributed by atoms with Crippen molar-refractivity contribution in [2.45, 2.75) is 43.3 Å². The molecule has 0 aliphatic carbocycles. The van der Waals surface area contributed by atoms with Crippen LogP contribution in [-0.4, -0.2) is 43.7 Å². The molecule has 3 heterocycles. The van der Waals surface area contributed by atoms with E-state index < -0.39 is 16.8 Å². The highest BCUT2D eigenvalue weighted by Gasteiger charge is 2.37. The lowest BCUT2D eigenvalue weighted by Gasteiger charge is -2.25. The van der Waals surface area contributed by atoms with Gasteiger partial charge >= 0.3 is 0 Å². The Morgan fingerprint density at radius 3 is 2.50 bits per heavy atom. The van der Waals surface area contributed by atoms with Crippen LogP contribution in [0.1, 0.15) is 48.5 Å². The van der Waals surface area contributed by atoms with Crippen LogP contribution in [0.25, 0.3) is 0 Å². The molecule has 3 atom stereocenters. The maximum absolute atomic E-state index is 13.3. The van der Waals surface area contributed by atoms with Crippen LogP contribution < -0.4 is 10.2 Å². The van der Waals surface area contributed by atoms with Gasteiger partial charge in [-0.25, -0.2) is 9.97 Å². The van der Waals surface area contributed by atoms with Gasteiger partial charge in [-0.3, -0.25) is 13.8 Å². The van der Waals surface area contributed by atoms with Crippen molar-refractivity contribution in [3.8, 4) is 0 Å². The summed E-state index contributed by atoms with van der Waals surface area (Å²) in [6, 6.07) is 12.6. The average Bonchev–Trinajstić information content (AvgIpc) is 3.50. The average molecular weight is 524 g/mol. The quantitative estimate of drug-likeness (QED) is 0.537. The van der Waals surface area contributed by atoms with Crippen LogP contribution in [0.4, 0.5) is 11.6 Å². The number of benzene rings is 2. The van der Waals surface area contributed by atoms with Gasteiger partial charge in [-0.15, -0.1) is 0 Å². The third-order valence-corrected chi connectivity index (χ3v) is 7.89. The molecule has 1 aromatic heterocycles. The zero-order valence-electron chi connectivity index (χ0n) is 20.0. The van der Waals surface area contributed by atoms with Gasteiger partial charge in [0.05, 0.1) is 24.1 Å². The highest BCUT2D eigenvalue weighted by atomic mass is 35.5. The van der Waals surface area contributed by atoms with Crippen LogP contribution in [-0.2, 0) is 26.9 Å². The van der Waals surface area contributed by atoms with E-state index in [1.165, 1.54) is 11.8 Å². The summed E-state index contributed by atoms with van der Waals surface area (Å²) in [6.07, 6.45) is 6.82. The lowest BCUT2D eigenvalue weighted by molar-refractivity contribution is -0.136. The number of nitrogens with zero attached hydrogens (tertiary/aromatic N) is 4. The number of carbonyl (C=O) groups is 2. The van der Waals surface area contributed by atoms with Crippen molar-refractivity contribution in [3.63, 3.8) is 0 Å². The number of fused-ring (bicyclic) bond motifs is 1. The van der Waals surface area contributed by atoms with Gasteiger partial charge in [0.2, 0.25) is 11.9 Å². The van der Waals surface area contributed by atoms with Crippen LogP contribution in [0.15, 0.2) is 59.8 Å². The monoisotopic (exact) mass is 523 g/mol. The standard InChI is InChI=1S/C26H26ClN5O3S/c1-16(33)32-15-18-12-21(36(2)35)9-10-22(18)24(32)25(34)30-20-13-28-26(29-14-20)31-11-3-4-23(31)17-5-7-19(27)8-6-17/h5-10,12-14,23-24H,3-4,11,15H2,1-2H3,(H,30,34). The molecule has 0 saturated carbocycles. The molecule has 5 rings (SSSR count). The van der Waals surface area contributed by atoms with Crippen molar-refractivity contribution < 1.29 is 13.8 Å². The molecule has 0 bridgehead atoms. The first-order valence-corrected chi connectivity index (χ1v) is 13.6. The van der Waals surface area contributed by atoms with E-state index in [0.29, 0.717) is 28.1 Å². The van der Waals surface area contributed by atoms with Crippen LogP contribution in [0.3, 0.4) is 0 Å². The number of halogens is 1. The fourth-order valence-corrected chi connectivity index (χ4v) is 5.66. The highest BCUT2D eigenvalue weighted by Crippen LogP contribution is 2.37. The van der Waals surface area contributed by atoms with E-state index in [0.717, 1.165) is 36.1 Å². The highest BCUT2D eigenvalue weighted by molar-refractivity contribution is 7.84. The molecule has 0 radical (unpaired) electrons. The molecule has 2 aliphatic rings. The van der Waals surface area contributed by atoms with Gasteiger partial charge in [0.1, 0.15) is 6.04 Å². The summed E-state index contributed by atoms with van der Waals surface area (Å²) in [6.45, 7) is 2.58. The number of carbonyl (C=O) groups excluding carboxylic acids is 2. The van der Waals surface area contributed by atoms with Crippen molar-refractivity contribution in [3.05, 3.63) is 76.6 Å². The molecule has 8 nitrogen and oxygen atoms in total. The van der Waals surface area contributed by atoms with Crippen molar-refractivity contribution in [1.29, 1.82) is 0 Å². The molecule has 3 unspecified atom stereocenters. The Bertz CT molecular complexity index is 1330. The summed E-state index contributed by atoms with van der Waals surface area (Å²) in [5.74, 6) is 0.0485. The minimum absolute atomic E-state index is 0.171. The molecule has 2 aromatic carbocycles. The number of anilines is 2. The Morgan fingerprint density at radius 2 is 1.83 bits per heavy atom. The fraction of sp³-hybridized carbons (Fsp3) is 0.308. The third-order valence-electron chi connectivity index (χ3n) is 6.72. The Hall–Kier alpha value is -3.30. The maximum atomic E-state index is 13.3. The largest absolute Gasteiger partial charge is 0.334 e. The van der Waals surface area contributed by atoms with Gasteiger partial charge in [0.25, 0.3) is 5.91 Å². The minimum atomic E-state index is -1.15. The second-order valence-electron chi connectivity index (χ2n) is 9.03. The lowest BCUT2D eigenvalue weighted by Crippen LogP contribution is -2.35. The van der Waals surface area contributed by atoms with Crippen molar-refractivity contribution >= 4 is 45.9 Å². The molecule has 2 aliphatic heterocycles. The summed E-state index contributed by atoms with van der Waals surface area (Å²) in [5, 5.41) is 3.57. The van der Waals surface area contributed by atoms with Crippen molar-refractivity contribution in [1.82, 2.24) is 14.9 Å². The second kappa shape index (κ2) is 9.99. The first-order chi connectivity index (χ1) is 17.3. The molecule has 10 heteroatoms. The van der Waals surface area contributed by atoms with Crippen molar-refractivity contribution in [2.24, 2.45) is 0 Å². The SMILES string of the molecule is CC(=O)N1Cc2cc(S(C)=O)ccc2C1C(=O)Nc1cnc(N2CCCC2c2ccc(Cl)cc2)nc1. The van der Waals surface area contributed by atoms with E-state index in [9.17, 15) is 13.8 Å². The van der Waals surface area contributed by atoms with Crippen molar-refractivity contribution in [2.75, 3.05) is 23.0 Å². The maximum Gasteiger partial charge on any atom is 0.251 e. The van der Waals surface area contributed by atoms with Crippen LogP contribution in [0, 0.1) is 0 Å². The molecule has 1 fully saturated rings. The molecule has 1 N–H and O–H groups in total. The predicted molar refractivity (Wildman–Crippen MR) is 139 cm³/mol. The summed E-state index contributed by atoms with van der Waals surface area (Å²) in [5.41, 5.74) is 3.18. The predicted octanol–water partition coefficient (Wildman–Crippen LogP) is 4.25. The van der Waals surface area contributed by atoms with Crippen LogP contribution in [0.2, 0.25) is 5.02 Å². The topological polar surface area (TPSA) is 95.5 Å². The first kappa shape index (κ1) is 24.4. The molecule has 1 saturated heterocycles. The molecule has 0 spiro atoms. The van der Waals surface area contributed by atoms with Crippen LogP contribution >= 0.6 is 11.6 Å². The van der Waals surface area contributed by atoms with Gasteiger partial charge in [-0.1, -0.05) is 29.8 Å². The second-order valence-corrected chi connectivity index (χ2v) is 10.8. The Morgan fingerprint density at radius 1 is 1.11 bits per heavy atom. The molecule has 2 amide bonds. The number of hydrogen-bond acceptors (Lipinski definition) is 6. The summed E-state index contributed by atoms with van der Waals surface area (Å²) in [4.78, 5) is 39.0. The van der Waals surface area contributed by atoms with Gasteiger partial charge in [-0.2, -0.15) is 0 Å². The normalized spacial score (nSPS) is 19.8. The number of hydrogen-bond donors (Lipinski definition) is 1. The summed E-state index contributed by atoms with van der Waals surface area (Å²) in [7, 11) is -1.15. The Kier molecular flexibility index (Phi) is 6.77. The van der Waals surface area contributed by atoms with E-state index in [1.54, 1.807) is 36.8 Å². The molecule has 36 heavy (non-hydrogen) atoms. The van der Waals surface area contributed by atoms with Gasteiger partial charge < -0.3 is 15.1 Å². The number of rotatable bonds is 5. The Balaban J connectivity index is 1.33. The first-order valence-electron chi connectivity index (χ1n) is 11.7. The number of aromatic nitrogens is 2. The smallest absolute Gasteiger partial charge is 0.251 e. The van der Waals surface area contributed by atoms with Crippen LogP contribution in [0.5, 0.6) is 0 Å². The molecule has 186 valence electrons. The lowest BCUT2D eigenvalue weighted by atomic mass is 10.0. The third kappa shape index (κ3) is 4.73. The van der Waals surface area contributed by atoms with Gasteiger partial charge in [0.15, 0.2) is 0 Å².